The Kier molecular flexibility index (Phi) is 4.45. The molecular formula is C14H18O5S. The molecule has 0 radical (unpaired) electrons. The lowest BCUT2D eigenvalue weighted by Crippen LogP contribution is -2.30. The third-order valence-electron chi connectivity index (χ3n) is 3.52. The third-order valence-corrected chi connectivity index (χ3v) is 5.85. The number of aliphatic hydroxyl groups excluding tert-OH is 1. The van der Waals surface area contributed by atoms with Crippen LogP contribution in [0.25, 0.3) is 0 Å². The molecule has 0 heterocycles. The van der Waals surface area contributed by atoms with Gasteiger partial charge in [-0.3, -0.25) is 0 Å². The maximum atomic E-state index is 12.5. The van der Waals surface area contributed by atoms with Gasteiger partial charge >= 0.3 is 5.97 Å². The number of carbonyl (C=O) groups is 1. The number of aliphatic hydroxyl groups is 1. The van der Waals surface area contributed by atoms with Gasteiger partial charge in [-0.2, -0.15) is 0 Å². The molecule has 6 heteroatoms. The molecule has 1 aromatic rings. The Labute approximate surface area is 118 Å². The van der Waals surface area contributed by atoms with Gasteiger partial charge in [0, 0.05) is 5.56 Å². The zero-order chi connectivity index (χ0) is 14.8. The van der Waals surface area contributed by atoms with Crippen molar-refractivity contribution in [3.63, 3.8) is 0 Å². The number of esters is 1. The van der Waals surface area contributed by atoms with E-state index < -0.39 is 27.2 Å². The predicted molar refractivity (Wildman–Crippen MR) is 72.9 cm³/mol. The van der Waals surface area contributed by atoms with Crippen LogP contribution in [0.1, 0.15) is 37.9 Å². The summed E-state index contributed by atoms with van der Waals surface area (Å²) in [5.74, 6) is -0.830. The van der Waals surface area contributed by atoms with Gasteiger partial charge in [0.05, 0.1) is 16.8 Å². The quantitative estimate of drug-likeness (QED) is 0.835. The van der Waals surface area contributed by atoms with Crippen LogP contribution < -0.4 is 0 Å². The van der Waals surface area contributed by atoms with E-state index in [9.17, 15) is 18.3 Å². The normalized spacial score (nSPS) is 17.3. The van der Waals surface area contributed by atoms with Gasteiger partial charge in [-0.05, 0) is 25.8 Å². The second kappa shape index (κ2) is 5.93. The second-order valence-corrected chi connectivity index (χ2v) is 6.99. The van der Waals surface area contributed by atoms with E-state index in [4.69, 9.17) is 4.74 Å². The van der Waals surface area contributed by atoms with Gasteiger partial charge in [0.25, 0.3) is 0 Å². The summed E-state index contributed by atoms with van der Waals surface area (Å²) in [6, 6.07) is 6.07. The van der Waals surface area contributed by atoms with Crippen molar-refractivity contribution in [3.05, 3.63) is 29.8 Å². The van der Waals surface area contributed by atoms with Crippen LogP contribution in [0.2, 0.25) is 0 Å². The summed E-state index contributed by atoms with van der Waals surface area (Å²) < 4.78 is 29.7. The minimum Gasteiger partial charge on any atom is -0.464 e. The lowest BCUT2D eigenvalue weighted by molar-refractivity contribution is -0.153. The molecule has 1 atom stereocenters. The Hall–Kier alpha value is -1.40. The van der Waals surface area contributed by atoms with E-state index in [2.05, 4.69) is 0 Å². The molecule has 5 nitrogen and oxygen atoms in total. The highest BCUT2D eigenvalue weighted by molar-refractivity contribution is 7.92. The van der Waals surface area contributed by atoms with E-state index in [1.807, 2.05) is 0 Å². The average Bonchev–Trinajstić information content (AvgIpc) is 2.35. The molecule has 1 aromatic carbocycles. The number of hydrogen-bond donors (Lipinski definition) is 1. The van der Waals surface area contributed by atoms with E-state index in [1.54, 1.807) is 19.1 Å². The van der Waals surface area contributed by atoms with Crippen molar-refractivity contribution in [3.8, 4) is 0 Å². The SMILES string of the molecule is CCOC(=O)C(O)c1ccccc1S(=O)(=O)C1CCC1. The monoisotopic (exact) mass is 298 g/mol. The topological polar surface area (TPSA) is 80.7 Å². The van der Waals surface area contributed by atoms with Crippen LogP contribution in [0.15, 0.2) is 29.2 Å². The molecule has 0 amide bonds. The molecule has 110 valence electrons. The molecular weight excluding hydrogens is 280 g/mol. The summed E-state index contributed by atoms with van der Waals surface area (Å²) in [6.07, 6.45) is 0.589. The molecule has 1 fully saturated rings. The minimum atomic E-state index is -3.49. The lowest BCUT2D eigenvalue weighted by Gasteiger charge is -2.26. The van der Waals surface area contributed by atoms with Crippen molar-refractivity contribution >= 4 is 15.8 Å². The van der Waals surface area contributed by atoms with Crippen LogP contribution in [-0.2, 0) is 19.4 Å². The van der Waals surface area contributed by atoms with E-state index in [0.29, 0.717) is 12.8 Å². The fourth-order valence-corrected chi connectivity index (χ4v) is 4.26. The van der Waals surface area contributed by atoms with Gasteiger partial charge in [-0.1, -0.05) is 24.6 Å². The molecule has 0 bridgehead atoms. The van der Waals surface area contributed by atoms with Crippen molar-refractivity contribution < 1.29 is 23.1 Å². The maximum Gasteiger partial charge on any atom is 0.339 e. The molecule has 1 aliphatic carbocycles. The summed E-state index contributed by atoms with van der Waals surface area (Å²) >= 11 is 0. The Balaban J connectivity index is 2.38. The van der Waals surface area contributed by atoms with E-state index in [-0.39, 0.29) is 17.1 Å². The molecule has 2 rings (SSSR count). The largest absolute Gasteiger partial charge is 0.464 e. The van der Waals surface area contributed by atoms with Crippen molar-refractivity contribution in [2.45, 2.75) is 42.4 Å². The first kappa shape index (κ1) is 15.0. The van der Waals surface area contributed by atoms with Crippen LogP contribution in [0, 0.1) is 0 Å². The molecule has 20 heavy (non-hydrogen) atoms. The van der Waals surface area contributed by atoms with Gasteiger partial charge in [-0.25, -0.2) is 13.2 Å². The second-order valence-electron chi connectivity index (χ2n) is 4.79. The first-order valence-corrected chi connectivity index (χ1v) is 8.20. The van der Waals surface area contributed by atoms with Crippen molar-refractivity contribution in [2.75, 3.05) is 6.61 Å². The number of ether oxygens (including phenoxy) is 1. The number of carbonyl (C=O) groups excluding carboxylic acids is 1. The van der Waals surface area contributed by atoms with Gasteiger partial charge in [0.15, 0.2) is 15.9 Å². The van der Waals surface area contributed by atoms with Crippen molar-refractivity contribution in [2.24, 2.45) is 0 Å². The Morgan fingerprint density at radius 1 is 1.40 bits per heavy atom. The van der Waals surface area contributed by atoms with Crippen LogP contribution in [0.5, 0.6) is 0 Å². The lowest BCUT2D eigenvalue weighted by atomic mass is 10.00. The Bertz CT molecular complexity index is 589. The smallest absolute Gasteiger partial charge is 0.339 e. The zero-order valence-corrected chi connectivity index (χ0v) is 12.1. The van der Waals surface area contributed by atoms with Gasteiger partial charge in [-0.15, -0.1) is 0 Å². The zero-order valence-electron chi connectivity index (χ0n) is 11.3. The number of benzene rings is 1. The molecule has 1 N–H and O–H groups in total. The fourth-order valence-electron chi connectivity index (χ4n) is 2.17. The predicted octanol–water partition coefficient (Wildman–Crippen LogP) is 1.61. The maximum absolute atomic E-state index is 12.5. The molecule has 0 saturated heterocycles. The number of sulfone groups is 1. The van der Waals surface area contributed by atoms with Crippen LogP contribution >= 0.6 is 0 Å². The summed E-state index contributed by atoms with van der Waals surface area (Å²) in [7, 11) is -3.49. The first-order chi connectivity index (χ1) is 9.48. The van der Waals surface area contributed by atoms with Gasteiger partial charge < -0.3 is 9.84 Å². The molecule has 0 aliphatic heterocycles. The molecule has 1 unspecified atom stereocenters. The molecule has 0 spiro atoms. The number of rotatable bonds is 5. The Morgan fingerprint density at radius 2 is 2.05 bits per heavy atom. The van der Waals surface area contributed by atoms with Gasteiger partial charge in [0.2, 0.25) is 0 Å². The Morgan fingerprint density at radius 3 is 2.60 bits per heavy atom. The summed E-state index contributed by atoms with van der Waals surface area (Å²) in [6.45, 7) is 1.76. The highest BCUT2D eigenvalue weighted by atomic mass is 32.2. The third kappa shape index (κ3) is 2.71. The minimum absolute atomic E-state index is 0.0326. The van der Waals surface area contributed by atoms with Crippen LogP contribution in [-0.4, -0.2) is 31.4 Å². The van der Waals surface area contributed by atoms with Crippen molar-refractivity contribution in [1.29, 1.82) is 0 Å². The summed E-state index contributed by atoms with van der Waals surface area (Å²) in [5.41, 5.74) is 0.0952. The summed E-state index contributed by atoms with van der Waals surface area (Å²) in [5, 5.41) is 9.59. The van der Waals surface area contributed by atoms with Crippen molar-refractivity contribution in [1.82, 2.24) is 0 Å². The van der Waals surface area contributed by atoms with E-state index in [0.717, 1.165) is 6.42 Å². The van der Waals surface area contributed by atoms with Gasteiger partial charge in [0.1, 0.15) is 0 Å². The first-order valence-electron chi connectivity index (χ1n) is 6.66. The number of hydrogen-bond acceptors (Lipinski definition) is 5. The molecule has 1 aliphatic rings. The molecule has 0 aromatic heterocycles. The standard InChI is InChI=1S/C14H18O5S/c1-2-19-14(16)13(15)11-8-3-4-9-12(11)20(17,18)10-6-5-7-10/h3-4,8-10,13,15H,2,5-7H2,1H3. The van der Waals surface area contributed by atoms with E-state index in [1.165, 1.54) is 12.1 Å². The van der Waals surface area contributed by atoms with E-state index >= 15 is 0 Å². The fraction of sp³-hybridized carbons (Fsp3) is 0.500. The summed E-state index contributed by atoms with van der Waals surface area (Å²) in [4.78, 5) is 11.6. The highest BCUT2D eigenvalue weighted by Crippen LogP contribution is 2.34. The van der Waals surface area contributed by atoms with Crippen LogP contribution in [0.3, 0.4) is 0 Å². The highest BCUT2D eigenvalue weighted by Gasteiger charge is 2.36. The molecule has 1 saturated carbocycles. The average molecular weight is 298 g/mol. The van der Waals surface area contributed by atoms with Crippen LogP contribution in [0.4, 0.5) is 0 Å².